The molecule has 1 amide bonds. The minimum atomic E-state index is 0.0945. The molecule has 0 saturated carbocycles. The standard InChI is InChI=1S/C17H23NO2/c1-13(15-5-3-2-4-6-15)18-17(20)12-9-14-7-10-16(19)11-8-14/h5,7-8,10-11,13,19H,2-4,6,9,12H2,1H3,(H,18,20). The molecular formula is C17H23NO2. The summed E-state index contributed by atoms with van der Waals surface area (Å²) in [5, 5.41) is 12.3. The van der Waals surface area contributed by atoms with Gasteiger partial charge in [-0.15, -0.1) is 0 Å². The minimum absolute atomic E-state index is 0.0945. The number of carbonyl (C=O) groups is 1. The Kier molecular flexibility index (Phi) is 5.22. The molecule has 0 aliphatic heterocycles. The average molecular weight is 273 g/mol. The largest absolute Gasteiger partial charge is 0.508 e. The first-order valence-corrected chi connectivity index (χ1v) is 7.41. The molecule has 3 heteroatoms. The highest BCUT2D eigenvalue weighted by molar-refractivity contribution is 5.76. The number of phenolic OH excluding ortho intramolecular Hbond substituents is 1. The Morgan fingerprint density at radius 3 is 2.70 bits per heavy atom. The summed E-state index contributed by atoms with van der Waals surface area (Å²) in [5.74, 6) is 0.355. The van der Waals surface area contributed by atoms with Gasteiger partial charge in [-0.05, 0) is 56.7 Å². The van der Waals surface area contributed by atoms with Crippen molar-refractivity contribution in [3.8, 4) is 5.75 Å². The predicted octanol–water partition coefficient (Wildman–Crippen LogP) is 3.33. The third kappa shape index (κ3) is 4.41. The van der Waals surface area contributed by atoms with Gasteiger partial charge in [0.05, 0.1) is 0 Å². The van der Waals surface area contributed by atoms with Crippen LogP contribution in [0.25, 0.3) is 0 Å². The Morgan fingerprint density at radius 1 is 1.30 bits per heavy atom. The van der Waals surface area contributed by atoms with Gasteiger partial charge in [-0.2, -0.15) is 0 Å². The van der Waals surface area contributed by atoms with E-state index in [4.69, 9.17) is 0 Å². The number of benzene rings is 1. The number of aromatic hydroxyl groups is 1. The number of aryl methyl sites for hydroxylation is 1. The molecule has 0 saturated heterocycles. The van der Waals surface area contributed by atoms with Gasteiger partial charge in [-0.1, -0.05) is 23.8 Å². The first-order valence-electron chi connectivity index (χ1n) is 7.41. The Hall–Kier alpha value is -1.77. The van der Waals surface area contributed by atoms with Crippen molar-refractivity contribution in [2.24, 2.45) is 0 Å². The number of carbonyl (C=O) groups excluding carboxylic acids is 1. The SMILES string of the molecule is CC(NC(=O)CCc1ccc(O)cc1)C1=CCCCC1. The highest BCUT2D eigenvalue weighted by Crippen LogP contribution is 2.20. The van der Waals surface area contributed by atoms with E-state index in [9.17, 15) is 9.90 Å². The minimum Gasteiger partial charge on any atom is -0.508 e. The van der Waals surface area contributed by atoms with Crippen LogP contribution in [0, 0.1) is 0 Å². The van der Waals surface area contributed by atoms with Crippen molar-refractivity contribution in [3.05, 3.63) is 41.5 Å². The van der Waals surface area contributed by atoms with E-state index in [0.717, 1.165) is 18.4 Å². The molecule has 20 heavy (non-hydrogen) atoms. The smallest absolute Gasteiger partial charge is 0.220 e. The molecule has 1 aromatic carbocycles. The van der Waals surface area contributed by atoms with E-state index in [1.165, 1.54) is 18.4 Å². The molecule has 2 N–H and O–H groups in total. The highest BCUT2D eigenvalue weighted by Gasteiger charge is 2.13. The van der Waals surface area contributed by atoms with Crippen molar-refractivity contribution in [1.29, 1.82) is 0 Å². The summed E-state index contributed by atoms with van der Waals surface area (Å²) in [6, 6.07) is 7.18. The number of allylic oxidation sites excluding steroid dienone is 1. The van der Waals surface area contributed by atoms with E-state index in [0.29, 0.717) is 12.8 Å². The predicted molar refractivity (Wildman–Crippen MR) is 80.6 cm³/mol. The molecule has 1 aliphatic carbocycles. The van der Waals surface area contributed by atoms with Gasteiger partial charge in [0.25, 0.3) is 0 Å². The molecule has 0 heterocycles. The molecule has 108 valence electrons. The van der Waals surface area contributed by atoms with Crippen molar-refractivity contribution in [2.75, 3.05) is 0 Å². The van der Waals surface area contributed by atoms with Gasteiger partial charge in [0.15, 0.2) is 0 Å². The maximum Gasteiger partial charge on any atom is 0.220 e. The maximum absolute atomic E-state index is 11.9. The molecule has 1 atom stereocenters. The summed E-state index contributed by atoms with van der Waals surface area (Å²) >= 11 is 0. The number of hydrogen-bond donors (Lipinski definition) is 2. The van der Waals surface area contributed by atoms with Crippen LogP contribution < -0.4 is 5.32 Å². The fraction of sp³-hybridized carbons (Fsp3) is 0.471. The zero-order valence-electron chi connectivity index (χ0n) is 12.1. The van der Waals surface area contributed by atoms with Crippen LogP contribution in [-0.2, 0) is 11.2 Å². The van der Waals surface area contributed by atoms with E-state index in [1.54, 1.807) is 12.1 Å². The maximum atomic E-state index is 11.9. The van der Waals surface area contributed by atoms with E-state index in [-0.39, 0.29) is 17.7 Å². The highest BCUT2D eigenvalue weighted by atomic mass is 16.3. The molecule has 0 fully saturated rings. The summed E-state index contributed by atoms with van der Waals surface area (Å²) in [6.07, 6.45) is 8.22. The lowest BCUT2D eigenvalue weighted by Crippen LogP contribution is -2.34. The summed E-state index contributed by atoms with van der Waals surface area (Å²) in [7, 11) is 0. The number of nitrogens with one attached hydrogen (secondary N) is 1. The third-order valence-electron chi connectivity index (χ3n) is 3.84. The molecule has 3 nitrogen and oxygen atoms in total. The lowest BCUT2D eigenvalue weighted by atomic mass is 9.94. The van der Waals surface area contributed by atoms with Crippen LogP contribution in [0.15, 0.2) is 35.9 Å². The second kappa shape index (κ2) is 7.13. The van der Waals surface area contributed by atoms with Crippen molar-refractivity contribution in [1.82, 2.24) is 5.32 Å². The zero-order chi connectivity index (χ0) is 14.4. The quantitative estimate of drug-likeness (QED) is 0.808. The van der Waals surface area contributed by atoms with Crippen LogP contribution in [-0.4, -0.2) is 17.1 Å². The molecule has 1 aliphatic rings. The van der Waals surface area contributed by atoms with Gasteiger partial charge in [-0.3, -0.25) is 4.79 Å². The molecule has 2 rings (SSSR count). The van der Waals surface area contributed by atoms with E-state index < -0.39 is 0 Å². The molecule has 0 aromatic heterocycles. The van der Waals surface area contributed by atoms with Crippen LogP contribution in [0.5, 0.6) is 5.75 Å². The van der Waals surface area contributed by atoms with Crippen LogP contribution in [0.4, 0.5) is 0 Å². The average Bonchev–Trinajstić information content (AvgIpc) is 2.47. The zero-order valence-corrected chi connectivity index (χ0v) is 12.1. The summed E-state index contributed by atoms with van der Waals surface area (Å²) in [5.41, 5.74) is 2.44. The fourth-order valence-electron chi connectivity index (χ4n) is 2.58. The van der Waals surface area contributed by atoms with Crippen molar-refractivity contribution >= 4 is 5.91 Å². The van der Waals surface area contributed by atoms with E-state index in [2.05, 4.69) is 18.3 Å². The van der Waals surface area contributed by atoms with Crippen LogP contribution in [0.3, 0.4) is 0 Å². The lowest BCUT2D eigenvalue weighted by molar-refractivity contribution is -0.121. The van der Waals surface area contributed by atoms with E-state index >= 15 is 0 Å². The molecular weight excluding hydrogens is 250 g/mol. The third-order valence-corrected chi connectivity index (χ3v) is 3.84. The monoisotopic (exact) mass is 273 g/mol. The Morgan fingerprint density at radius 2 is 2.05 bits per heavy atom. The van der Waals surface area contributed by atoms with Crippen LogP contribution in [0.2, 0.25) is 0 Å². The number of phenols is 1. The fourth-order valence-corrected chi connectivity index (χ4v) is 2.58. The number of amides is 1. The van der Waals surface area contributed by atoms with Crippen molar-refractivity contribution in [2.45, 2.75) is 51.5 Å². The Balaban J connectivity index is 1.77. The second-order valence-electron chi connectivity index (χ2n) is 5.48. The second-order valence-corrected chi connectivity index (χ2v) is 5.48. The molecule has 1 unspecified atom stereocenters. The van der Waals surface area contributed by atoms with Crippen LogP contribution >= 0.6 is 0 Å². The normalized spacial score (nSPS) is 16.4. The first kappa shape index (κ1) is 14.6. The molecule has 1 aromatic rings. The molecule has 0 bridgehead atoms. The Labute approximate surface area is 120 Å². The first-order chi connectivity index (χ1) is 9.65. The molecule has 0 radical (unpaired) electrons. The number of rotatable bonds is 5. The van der Waals surface area contributed by atoms with E-state index in [1.807, 2.05) is 12.1 Å². The van der Waals surface area contributed by atoms with Gasteiger partial charge in [0, 0.05) is 12.5 Å². The van der Waals surface area contributed by atoms with Gasteiger partial charge in [0.1, 0.15) is 5.75 Å². The van der Waals surface area contributed by atoms with Gasteiger partial charge in [0.2, 0.25) is 5.91 Å². The van der Waals surface area contributed by atoms with Crippen molar-refractivity contribution in [3.63, 3.8) is 0 Å². The van der Waals surface area contributed by atoms with Gasteiger partial charge >= 0.3 is 0 Å². The molecule has 0 spiro atoms. The summed E-state index contributed by atoms with van der Waals surface area (Å²) in [4.78, 5) is 11.9. The Bertz CT molecular complexity index is 476. The summed E-state index contributed by atoms with van der Waals surface area (Å²) in [6.45, 7) is 2.07. The van der Waals surface area contributed by atoms with Crippen molar-refractivity contribution < 1.29 is 9.90 Å². The van der Waals surface area contributed by atoms with Crippen LogP contribution in [0.1, 0.15) is 44.6 Å². The van der Waals surface area contributed by atoms with Gasteiger partial charge in [-0.25, -0.2) is 0 Å². The summed E-state index contributed by atoms with van der Waals surface area (Å²) < 4.78 is 0. The lowest BCUT2D eigenvalue weighted by Gasteiger charge is -2.20. The van der Waals surface area contributed by atoms with Gasteiger partial charge < -0.3 is 10.4 Å². The topological polar surface area (TPSA) is 49.3 Å². The number of hydrogen-bond acceptors (Lipinski definition) is 2.